The first kappa shape index (κ1) is 15.8. The SMILES string of the molecule is CCCCOc1ccc(-c2nc(N)nc(C)c2C(=O)O)cc1. The lowest BCUT2D eigenvalue weighted by atomic mass is 10.0. The standard InChI is InChI=1S/C16H19N3O3/c1-3-4-9-22-12-7-5-11(6-8-12)14-13(15(20)21)10(2)18-16(17)19-14/h5-8H,3-4,9H2,1-2H3,(H,20,21)(H2,17,18,19). The van der Waals surface area contributed by atoms with Crippen molar-refractivity contribution < 1.29 is 14.6 Å². The molecule has 0 aliphatic heterocycles. The van der Waals surface area contributed by atoms with Crippen LogP contribution in [0.3, 0.4) is 0 Å². The van der Waals surface area contributed by atoms with Crippen molar-refractivity contribution in [1.82, 2.24) is 9.97 Å². The maximum atomic E-state index is 11.4. The Bertz CT molecular complexity index is 669. The van der Waals surface area contributed by atoms with Crippen LogP contribution in [0.5, 0.6) is 5.75 Å². The van der Waals surface area contributed by atoms with Crippen LogP contribution in [0.25, 0.3) is 11.3 Å². The molecule has 116 valence electrons. The summed E-state index contributed by atoms with van der Waals surface area (Å²) in [4.78, 5) is 19.4. The minimum Gasteiger partial charge on any atom is -0.494 e. The van der Waals surface area contributed by atoms with Crippen molar-refractivity contribution in [2.24, 2.45) is 0 Å². The molecule has 2 rings (SSSR count). The number of ether oxygens (including phenoxy) is 1. The first-order valence-corrected chi connectivity index (χ1v) is 7.13. The quantitative estimate of drug-likeness (QED) is 0.796. The van der Waals surface area contributed by atoms with Gasteiger partial charge in [0, 0.05) is 5.56 Å². The van der Waals surface area contributed by atoms with Crippen LogP contribution in [0.1, 0.15) is 35.8 Å². The minimum absolute atomic E-state index is 0.0563. The van der Waals surface area contributed by atoms with E-state index in [4.69, 9.17) is 10.5 Å². The number of unbranched alkanes of at least 4 members (excludes halogenated alkanes) is 1. The second-order valence-electron chi connectivity index (χ2n) is 4.92. The minimum atomic E-state index is -1.07. The molecule has 6 nitrogen and oxygen atoms in total. The highest BCUT2D eigenvalue weighted by Gasteiger charge is 2.18. The molecule has 0 radical (unpaired) electrons. The number of nitrogens with zero attached hydrogens (tertiary/aromatic N) is 2. The first-order valence-electron chi connectivity index (χ1n) is 7.13. The predicted molar refractivity (Wildman–Crippen MR) is 84.0 cm³/mol. The maximum absolute atomic E-state index is 11.4. The van der Waals surface area contributed by atoms with Gasteiger partial charge in [-0.2, -0.15) is 0 Å². The molecule has 22 heavy (non-hydrogen) atoms. The molecule has 0 atom stereocenters. The fourth-order valence-corrected chi connectivity index (χ4v) is 2.10. The molecule has 0 bridgehead atoms. The summed E-state index contributed by atoms with van der Waals surface area (Å²) in [7, 11) is 0. The second-order valence-corrected chi connectivity index (χ2v) is 4.92. The van der Waals surface area contributed by atoms with Gasteiger partial charge in [0.15, 0.2) is 0 Å². The van der Waals surface area contributed by atoms with Gasteiger partial charge in [0.2, 0.25) is 5.95 Å². The number of anilines is 1. The fraction of sp³-hybridized carbons (Fsp3) is 0.312. The summed E-state index contributed by atoms with van der Waals surface area (Å²) in [5.74, 6) is -0.274. The van der Waals surface area contributed by atoms with Gasteiger partial charge in [0.25, 0.3) is 0 Å². The molecular formula is C16H19N3O3. The fourth-order valence-electron chi connectivity index (χ4n) is 2.10. The molecule has 0 saturated carbocycles. The molecule has 2 aromatic rings. The van der Waals surface area contributed by atoms with Crippen LogP contribution in [0.2, 0.25) is 0 Å². The molecule has 0 amide bonds. The maximum Gasteiger partial charge on any atom is 0.339 e. The van der Waals surface area contributed by atoms with Gasteiger partial charge in [-0.25, -0.2) is 14.8 Å². The molecule has 0 aliphatic carbocycles. The van der Waals surface area contributed by atoms with E-state index < -0.39 is 5.97 Å². The number of aromatic nitrogens is 2. The zero-order valence-corrected chi connectivity index (χ0v) is 12.7. The van der Waals surface area contributed by atoms with Crippen LogP contribution >= 0.6 is 0 Å². The van der Waals surface area contributed by atoms with E-state index in [0.29, 0.717) is 23.6 Å². The molecule has 0 aliphatic rings. The Morgan fingerprint density at radius 2 is 1.95 bits per heavy atom. The summed E-state index contributed by atoms with van der Waals surface area (Å²) in [6.45, 7) is 4.37. The Labute approximate surface area is 129 Å². The van der Waals surface area contributed by atoms with E-state index in [1.807, 2.05) is 0 Å². The van der Waals surface area contributed by atoms with E-state index in [2.05, 4.69) is 16.9 Å². The highest BCUT2D eigenvalue weighted by atomic mass is 16.5. The van der Waals surface area contributed by atoms with Gasteiger partial charge in [-0.05, 0) is 37.6 Å². The lowest BCUT2D eigenvalue weighted by Crippen LogP contribution is -2.09. The molecule has 0 spiro atoms. The number of hydrogen-bond donors (Lipinski definition) is 2. The number of nitrogen functional groups attached to an aromatic ring is 1. The Balaban J connectivity index is 2.34. The molecule has 1 aromatic heterocycles. The number of aromatic carboxylic acids is 1. The Kier molecular flexibility index (Phi) is 4.93. The van der Waals surface area contributed by atoms with Gasteiger partial charge in [-0.1, -0.05) is 13.3 Å². The summed E-state index contributed by atoms with van der Waals surface area (Å²) in [6.07, 6.45) is 2.06. The normalized spacial score (nSPS) is 10.5. The summed E-state index contributed by atoms with van der Waals surface area (Å²) in [5, 5.41) is 9.35. The average Bonchev–Trinajstić information content (AvgIpc) is 2.47. The molecule has 0 unspecified atom stereocenters. The lowest BCUT2D eigenvalue weighted by Gasteiger charge is -2.10. The Morgan fingerprint density at radius 3 is 2.55 bits per heavy atom. The largest absolute Gasteiger partial charge is 0.494 e. The molecular weight excluding hydrogens is 282 g/mol. The Hall–Kier alpha value is -2.63. The molecule has 0 saturated heterocycles. The molecule has 0 fully saturated rings. The number of carboxylic acids is 1. The third-order valence-corrected chi connectivity index (χ3v) is 3.22. The highest BCUT2D eigenvalue weighted by molar-refractivity contribution is 5.96. The van der Waals surface area contributed by atoms with Crippen LogP contribution in [-0.2, 0) is 0 Å². The van der Waals surface area contributed by atoms with Crippen molar-refractivity contribution in [3.8, 4) is 17.0 Å². The van der Waals surface area contributed by atoms with E-state index in [-0.39, 0.29) is 11.5 Å². The topological polar surface area (TPSA) is 98.3 Å². The first-order chi connectivity index (χ1) is 10.5. The number of rotatable bonds is 6. The van der Waals surface area contributed by atoms with Gasteiger partial charge >= 0.3 is 5.97 Å². The van der Waals surface area contributed by atoms with E-state index >= 15 is 0 Å². The third kappa shape index (κ3) is 3.52. The van der Waals surface area contributed by atoms with E-state index in [1.54, 1.807) is 31.2 Å². The number of hydrogen-bond acceptors (Lipinski definition) is 5. The smallest absolute Gasteiger partial charge is 0.339 e. The van der Waals surface area contributed by atoms with E-state index in [9.17, 15) is 9.90 Å². The molecule has 1 aromatic carbocycles. The average molecular weight is 301 g/mol. The number of benzene rings is 1. The van der Waals surface area contributed by atoms with Crippen LogP contribution in [0.4, 0.5) is 5.95 Å². The summed E-state index contributed by atoms with van der Waals surface area (Å²) >= 11 is 0. The predicted octanol–water partition coefficient (Wildman–Crippen LogP) is 2.91. The van der Waals surface area contributed by atoms with Crippen molar-refractivity contribution in [1.29, 1.82) is 0 Å². The molecule has 3 N–H and O–H groups in total. The number of carboxylic acid groups (broad SMARTS) is 1. The van der Waals surface area contributed by atoms with Crippen LogP contribution in [-0.4, -0.2) is 27.7 Å². The summed E-state index contributed by atoms with van der Waals surface area (Å²) < 4.78 is 5.59. The van der Waals surface area contributed by atoms with Crippen molar-refractivity contribution in [3.63, 3.8) is 0 Å². The van der Waals surface area contributed by atoms with Crippen molar-refractivity contribution in [3.05, 3.63) is 35.5 Å². The van der Waals surface area contributed by atoms with Crippen molar-refractivity contribution >= 4 is 11.9 Å². The van der Waals surface area contributed by atoms with Gasteiger partial charge in [0.05, 0.1) is 18.0 Å². The van der Waals surface area contributed by atoms with Gasteiger partial charge < -0.3 is 15.6 Å². The summed E-state index contributed by atoms with van der Waals surface area (Å²) in [5.41, 5.74) is 7.03. The van der Waals surface area contributed by atoms with Gasteiger partial charge in [0.1, 0.15) is 11.3 Å². The molecule has 1 heterocycles. The van der Waals surface area contributed by atoms with Crippen LogP contribution in [0, 0.1) is 6.92 Å². The second kappa shape index (κ2) is 6.89. The zero-order valence-electron chi connectivity index (χ0n) is 12.7. The number of aryl methyl sites for hydroxylation is 1. The van der Waals surface area contributed by atoms with Crippen molar-refractivity contribution in [2.45, 2.75) is 26.7 Å². The lowest BCUT2D eigenvalue weighted by molar-refractivity contribution is 0.0696. The monoisotopic (exact) mass is 301 g/mol. The van der Waals surface area contributed by atoms with Gasteiger partial charge in [-0.15, -0.1) is 0 Å². The third-order valence-electron chi connectivity index (χ3n) is 3.22. The Morgan fingerprint density at radius 1 is 1.27 bits per heavy atom. The summed E-state index contributed by atoms with van der Waals surface area (Å²) in [6, 6.07) is 7.14. The number of nitrogens with two attached hydrogens (primary N) is 1. The molecule has 6 heteroatoms. The highest BCUT2D eigenvalue weighted by Crippen LogP contribution is 2.26. The number of carbonyl (C=O) groups is 1. The van der Waals surface area contributed by atoms with E-state index in [0.717, 1.165) is 18.6 Å². The van der Waals surface area contributed by atoms with Gasteiger partial charge in [-0.3, -0.25) is 0 Å². The zero-order chi connectivity index (χ0) is 16.1. The van der Waals surface area contributed by atoms with E-state index in [1.165, 1.54) is 0 Å². The van der Waals surface area contributed by atoms with Crippen molar-refractivity contribution in [2.75, 3.05) is 12.3 Å². The van der Waals surface area contributed by atoms with Crippen LogP contribution in [0.15, 0.2) is 24.3 Å². The van der Waals surface area contributed by atoms with Crippen LogP contribution < -0.4 is 10.5 Å².